The summed E-state index contributed by atoms with van der Waals surface area (Å²) in [6.07, 6.45) is 11.2. The number of nitrogens with one attached hydrogen (secondary N) is 1. The molecule has 1 saturated carbocycles. The highest BCUT2D eigenvalue weighted by molar-refractivity contribution is 5.76. The van der Waals surface area contributed by atoms with Crippen LogP contribution in [-0.4, -0.2) is 45.3 Å². The molecule has 134 valence electrons. The second-order valence-electron chi connectivity index (χ2n) is 7.02. The Balaban J connectivity index is 1.42. The summed E-state index contributed by atoms with van der Waals surface area (Å²) in [5.74, 6) is 0.912. The third-order valence-electron chi connectivity index (χ3n) is 5.20. The van der Waals surface area contributed by atoms with Crippen LogP contribution in [-0.2, 0) is 16.1 Å². The third-order valence-corrected chi connectivity index (χ3v) is 5.20. The van der Waals surface area contributed by atoms with Crippen LogP contribution in [0, 0.1) is 5.92 Å². The fourth-order valence-corrected chi connectivity index (χ4v) is 3.80. The van der Waals surface area contributed by atoms with Crippen molar-refractivity contribution in [2.24, 2.45) is 5.92 Å². The predicted octanol–water partition coefficient (Wildman–Crippen LogP) is 1.58. The second-order valence-corrected chi connectivity index (χ2v) is 7.02. The van der Waals surface area contributed by atoms with Crippen LogP contribution in [0.1, 0.15) is 63.1 Å². The Kier molecular flexibility index (Phi) is 6.20. The fourth-order valence-electron chi connectivity index (χ4n) is 3.80. The van der Waals surface area contributed by atoms with Crippen molar-refractivity contribution in [2.75, 3.05) is 13.2 Å². The van der Waals surface area contributed by atoms with Crippen LogP contribution in [0.15, 0.2) is 6.20 Å². The number of aliphatic hydroxyl groups excluding tert-OH is 1. The number of ether oxygens (including phenoxy) is 1. The summed E-state index contributed by atoms with van der Waals surface area (Å²) in [5.41, 5.74) is 0.527. The van der Waals surface area contributed by atoms with Crippen molar-refractivity contribution < 1.29 is 14.6 Å². The molecule has 1 amide bonds. The largest absolute Gasteiger partial charge is 0.390 e. The van der Waals surface area contributed by atoms with E-state index in [0.29, 0.717) is 25.3 Å². The first-order valence-electron chi connectivity index (χ1n) is 9.15. The van der Waals surface area contributed by atoms with Crippen LogP contribution < -0.4 is 5.32 Å². The minimum absolute atomic E-state index is 0.0555. The van der Waals surface area contributed by atoms with E-state index >= 15 is 0 Å². The lowest BCUT2D eigenvalue weighted by atomic mass is 9.86. The highest BCUT2D eigenvalue weighted by atomic mass is 16.5. The Bertz CT molecular complexity index is 528. The molecule has 3 rings (SSSR count). The van der Waals surface area contributed by atoms with Gasteiger partial charge in [-0.05, 0) is 18.8 Å². The van der Waals surface area contributed by atoms with Gasteiger partial charge in [0.15, 0.2) is 0 Å². The Morgan fingerprint density at radius 3 is 2.92 bits per heavy atom. The Labute approximate surface area is 142 Å². The van der Waals surface area contributed by atoms with Crippen LogP contribution in [0.2, 0.25) is 0 Å². The molecule has 0 spiro atoms. The lowest BCUT2D eigenvalue weighted by molar-refractivity contribution is -0.122. The van der Waals surface area contributed by atoms with Gasteiger partial charge in [-0.1, -0.05) is 37.3 Å². The van der Waals surface area contributed by atoms with Crippen molar-refractivity contribution in [1.29, 1.82) is 0 Å². The molecule has 0 bridgehead atoms. The molecule has 7 nitrogen and oxygen atoms in total. The molecule has 7 heteroatoms. The molecule has 1 aromatic rings. The zero-order valence-corrected chi connectivity index (χ0v) is 14.2. The molecule has 2 heterocycles. The van der Waals surface area contributed by atoms with E-state index in [1.54, 1.807) is 10.9 Å². The Hall–Kier alpha value is -1.47. The molecular formula is C17H28N4O3. The summed E-state index contributed by atoms with van der Waals surface area (Å²) < 4.78 is 7.19. The topological polar surface area (TPSA) is 89.3 Å². The smallest absolute Gasteiger partial charge is 0.220 e. The molecule has 2 atom stereocenters. The number of amides is 1. The maximum Gasteiger partial charge on any atom is 0.220 e. The summed E-state index contributed by atoms with van der Waals surface area (Å²) in [6.45, 7) is 0.861. The van der Waals surface area contributed by atoms with Crippen molar-refractivity contribution in [3.8, 4) is 0 Å². The van der Waals surface area contributed by atoms with Crippen LogP contribution >= 0.6 is 0 Å². The Morgan fingerprint density at radius 1 is 1.33 bits per heavy atom. The summed E-state index contributed by atoms with van der Waals surface area (Å²) in [7, 11) is 0. The molecule has 1 aliphatic carbocycles. The van der Waals surface area contributed by atoms with Crippen LogP contribution in [0.25, 0.3) is 0 Å². The average molecular weight is 336 g/mol. The molecule has 0 aromatic carbocycles. The number of rotatable bonds is 7. The highest BCUT2D eigenvalue weighted by Gasteiger charge is 2.32. The van der Waals surface area contributed by atoms with Gasteiger partial charge in [-0.2, -0.15) is 0 Å². The lowest BCUT2D eigenvalue weighted by Crippen LogP contribution is -2.41. The van der Waals surface area contributed by atoms with E-state index in [1.807, 2.05) is 0 Å². The van der Waals surface area contributed by atoms with Crippen molar-refractivity contribution in [2.45, 2.75) is 70.1 Å². The summed E-state index contributed by atoms with van der Waals surface area (Å²) in [6, 6.07) is -0.138. The first-order chi connectivity index (χ1) is 11.8. The SMILES string of the molecule is O=C(CCCC1CCCCC1)N[C@H]1COC[C@H]1n1cc(CO)nn1. The normalized spacial score (nSPS) is 25.0. The number of nitrogens with zero attached hydrogens (tertiary/aromatic N) is 3. The maximum atomic E-state index is 12.2. The van der Waals surface area contributed by atoms with Gasteiger partial charge < -0.3 is 15.2 Å². The molecule has 2 N–H and O–H groups in total. The minimum atomic E-state index is -0.133. The van der Waals surface area contributed by atoms with Gasteiger partial charge >= 0.3 is 0 Å². The van der Waals surface area contributed by atoms with Gasteiger partial charge in [0.2, 0.25) is 5.91 Å². The summed E-state index contributed by atoms with van der Waals surface area (Å²) >= 11 is 0. The molecule has 1 aromatic heterocycles. The van der Waals surface area contributed by atoms with E-state index in [9.17, 15) is 4.79 Å². The quantitative estimate of drug-likeness (QED) is 0.789. The predicted molar refractivity (Wildman–Crippen MR) is 88.2 cm³/mol. The molecule has 1 aliphatic heterocycles. The molecule has 0 unspecified atom stereocenters. The van der Waals surface area contributed by atoms with E-state index in [1.165, 1.54) is 38.5 Å². The monoisotopic (exact) mass is 336 g/mol. The van der Waals surface area contributed by atoms with Gasteiger partial charge in [-0.3, -0.25) is 4.79 Å². The molecule has 24 heavy (non-hydrogen) atoms. The zero-order chi connectivity index (χ0) is 16.8. The lowest BCUT2D eigenvalue weighted by Gasteiger charge is -2.22. The fraction of sp³-hybridized carbons (Fsp3) is 0.824. The van der Waals surface area contributed by atoms with Gasteiger partial charge in [-0.25, -0.2) is 4.68 Å². The van der Waals surface area contributed by atoms with Crippen LogP contribution in [0.3, 0.4) is 0 Å². The van der Waals surface area contributed by atoms with Crippen molar-refractivity contribution in [3.05, 3.63) is 11.9 Å². The molecule has 2 fully saturated rings. The standard InChI is InChI=1S/C17H28N4O3/c22-10-14-9-21(20-19-14)16-12-24-11-15(16)18-17(23)8-4-7-13-5-2-1-3-6-13/h9,13,15-16,22H,1-8,10-12H2,(H,18,23)/t15-,16+/m0/s1. The first kappa shape index (κ1) is 17.4. The van der Waals surface area contributed by atoms with Crippen molar-refractivity contribution >= 4 is 5.91 Å². The summed E-state index contributed by atoms with van der Waals surface area (Å²) in [5, 5.41) is 20.1. The number of aromatic nitrogens is 3. The van der Waals surface area contributed by atoms with E-state index < -0.39 is 0 Å². The van der Waals surface area contributed by atoms with Gasteiger partial charge in [0.05, 0.1) is 38.1 Å². The molecular weight excluding hydrogens is 308 g/mol. The van der Waals surface area contributed by atoms with Gasteiger partial charge in [-0.15, -0.1) is 5.10 Å². The van der Waals surface area contributed by atoms with Gasteiger partial charge in [0.1, 0.15) is 5.69 Å². The molecule has 0 radical (unpaired) electrons. The van der Waals surface area contributed by atoms with E-state index in [4.69, 9.17) is 9.84 Å². The third kappa shape index (κ3) is 4.54. The highest BCUT2D eigenvalue weighted by Crippen LogP contribution is 2.27. The zero-order valence-electron chi connectivity index (χ0n) is 14.2. The van der Waals surface area contributed by atoms with Crippen molar-refractivity contribution in [1.82, 2.24) is 20.3 Å². The van der Waals surface area contributed by atoms with E-state index in [-0.39, 0.29) is 24.6 Å². The van der Waals surface area contributed by atoms with Crippen LogP contribution in [0.4, 0.5) is 0 Å². The average Bonchev–Trinajstić information content (AvgIpc) is 3.24. The number of hydrogen-bond donors (Lipinski definition) is 2. The number of carbonyl (C=O) groups is 1. The molecule has 1 saturated heterocycles. The number of carbonyl (C=O) groups excluding carboxylic acids is 1. The second kappa shape index (κ2) is 8.58. The maximum absolute atomic E-state index is 12.2. The van der Waals surface area contributed by atoms with Crippen molar-refractivity contribution in [3.63, 3.8) is 0 Å². The van der Waals surface area contributed by atoms with Gasteiger partial charge in [0.25, 0.3) is 0 Å². The molecule has 2 aliphatic rings. The van der Waals surface area contributed by atoms with Gasteiger partial charge in [0, 0.05) is 6.42 Å². The summed E-state index contributed by atoms with van der Waals surface area (Å²) in [4.78, 5) is 12.2. The first-order valence-corrected chi connectivity index (χ1v) is 9.15. The minimum Gasteiger partial charge on any atom is -0.390 e. The number of hydrogen-bond acceptors (Lipinski definition) is 5. The van der Waals surface area contributed by atoms with Crippen LogP contribution in [0.5, 0.6) is 0 Å². The van der Waals surface area contributed by atoms with E-state index in [2.05, 4.69) is 15.6 Å². The number of aliphatic hydroxyl groups is 1. The van der Waals surface area contributed by atoms with E-state index in [0.717, 1.165) is 12.3 Å². The Morgan fingerprint density at radius 2 is 2.17 bits per heavy atom.